The van der Waals surface area contributed by atoms with Gasteiger partial charge in [0.1, 0.15) is 19.0 Å². The molecule has 2 atom stereocenters. The van der Waals surface area contributed by atoms with Crippen LogP contribution in [0.5, 0.6) is 17.2 Å². The van der Waals surface area contributed by atoms with Crippen molar-refractivity contribution in [3.8, 4) is 17.2 Å². The lowest BCUT2D eigenvalue weighted by Crippen LogP contribution is -3.14. The Kier molecular flexibility index (Phi) is 7.72. The molecule has 166 valence electrons. The topological polar surface area (TPSA) is 90.3 Å². The van der Waals surface area contributed by atoms with Crippen LogP contribution in [0.25, 0.3) is 0 Å². The lowest BCUT2D eigenvalue weighted by molar-refractivity contribution is -0.881. The standard InChI is InChI=1S/C23H29N3O5/c1-4-26(15-23(28)25-18-6-5-7-19(13-18)29-3)14-22(27)24-16(2)17-8-9-20-21(12-17)31-11-10-30-20/h5-9,12-13,16H,4,10-11,14-15H2,1-3H3,(H,24,27)(H,25,28)/p+1/t16-/m1/s1. The number of ether oxygens (including phenoxy) is 3. The molecule has 1 unspecified atom stereocenters. The summed E-state index contributed by atoms with van der Waals surface area (Å²) >= 11 is 0. The second-order valence-electron chi connectivity index (χ2n) is 7.43. The molecule has 0 aromatic heterocycles. The highest BCUT2D eigenvalue weighted by Crippen LogP contribution is 2.32. The average Bonchev–Trinajstić information content (AvgIpc) is 2.78. The number of fused-ring (bicyclic) bond motifs is 1. The molecule has 0 aliphatic carbocycles. The number of likely N-dealkylation sites (N-methyl/N-ethyl adjacent to an activating group) is 1. The Balaban J connectivity index is 1.51. The molecule has 2 aromatic carbocycles. The van der Waals surface area contributed by atoms with E-state index in [1.807, 2.05) is 44.2 Å². The summed E-state index contributed by atoms with van der Waals surface area (Å²) in [6, 6.07) is 12.7. The predicted octanol–water partition coefficient (Wildman–Crippen LogP) is 1.19. The Morgan fingerprint density at radius 2 is 1.81 bits per heavy atom. The zero-order valence-corrected chi connectivity index (χ0v) is 18.2. The van der Waals surface area contributed by atoms with Gasteiger partial charge in [-0.1, -0.05) is 12.1 Å². The first-order valence-corrected chi connectivity index (χ1v) is 10.4. The summed E-state index contributed by atoms with van der Waals surface area (Å²) < 4.78 is 16.3. The van der Waals surface area contributed by atoms with E-state index < -0.39 is 0 Å². The molecule has 1 heterocycles. The van der Waals surface area contributed by atoms with Crippen LogP contribution in [-0.4, -0.2) is 51.8 Å². The number of benzene rings is 2. The second kappa shape index (κ2) is 10.7. The van der Waals surface area contributed by atoms with E-state index in [2.05, 4.69) is 10.6 Å². The van der Waals surface area contributed by atoms with Crippen LogP contribution in [0.2, 0.25) is 0 Å². The van der Waals surface area contributed by atoms with Gasteiger partial charge in [0.2, 0.25) is 0 Å². The fourth-order valence-electron chi connectivity index (χ4n) is 3.38. The average molecular weight is 429 g/mol. The SMILES string of the molecule is CC[NH+](CC(=O)Nc1cccc(OC)c1)CC(=O)N[C@H](C)c1ccc2c(c1)OCCO2. The van der Waals surface area contributed by atoms with Gasteiger partial charge in [0.15, 0.2) is 24.6 Å². The van der Waals surface area contributed by atoms with Crippen molar-refractivity contribution in [2.75, 3.05) is 45.3 Å². The highest BCUT2D eigenvalue weighted by Gasteiger charge is 2.20. The van der Waals surface area contributed by atoms with Gasteiger partial charge in [-0.15, -0.1) is 0 Å². The van der Waals surface area contributed by atoms with E-state index >= 15 is 0 Å². The largest absolute Gasteiger partial charge is 0.497 e. The molecule has 1 aliphatic rings. The van der Waals surface area contributed by atoms with Gasteiger partial charge >= 0.3 is 0 Å². The summed E-state index contributed by atoms with van der Waals surface area (Å²) in [7, 11) is 1.58. The number of hydrogen-bond acceptors (Lipinski definition) is 5. The van der Waals surface area contributed by atoms with Crippen LogP contribution >= 0.6 is 0 Å². The zero-order valence-electron chi connectivity index (χ0n) is 18.2. The monoisotopic (exact) mass is 428 g/mol. The van der Waals surface area contributed by atoms with E-state index in [1.54, 1.807) is 19.2 Å². The van der Waals surface area contributed by atoms with Crippen LogP contribution in [0.15, 0.2) is 42.5 Å². The van der Waals surface area contributed by atoms with Gasteiger partial charge in [-0.2, -0.15) is 0 Å². The molecule has 3 N–H and O–H groups in total. The molecule has 2 amide bonds. The maximum Gasteiger partial charge on any atom is 0.279 e. The van der Waals surface area contributed by atoms with E-state index in [4.69, 9.17) is 14.2 Å². The molecule has 0 fully saturated rings. The third-order valence-electron chi connectivity index (χ3n) is 5.12. The van der Waals surface area contributed by atoms with Gasteiger partial charge in [0, 0.05) is 11.8 Å². The van der Waals surface area contributed by atoms with Gasteiger partial charge in [-0.25, -0.2) is 0 Å². The summed E-state index contributed by atoms with van der Waals surface area (Å²) in [5, 5.41) is 5.85. The van der Waals surface area contributed by atoms with E-state index in [9.17, 15) is 9.59 Å². The van der Waals surface area contributed by atoms with E-state index in [0.717, 1.165) is 16.2 Å². The normalized spacial score (nSPS) is 14.3. The van der Waals surface area contributed by atoms with Crippen LogP contribution < -0.4 is 29.7 Å². The van der Waals surface area contributed by atoms with E-state index in [-0.39, 0.29) is 30.9 Å². The molecule has 0 saturated heterocycles. The maximum atomic E-state index is 12.6. The Labute approximate surface area is 182 Å². The minimum atomic E-state index is -0.188. The first-order valence-electron chi connectivity index (χ1n) is 10.4. The highest BCUT2D eigenvalue weighted by molar-refractivity contribution is 5.91. The number of anilines is 1. The van der Waals surface area contributed by atoms with E-state index in [0.29, 0.717) is 36.9 Å². The van der Waals surface area contributed by atoms with E-state index in [1.165, 1.54) is 0 Å². The number of amides is 2. The Bertz CT molecular complexity index is 918. The van der Waals surface area contributed by atoms with Crippen molar-refractivity contribution in [1.82, 2.24) is 5.32 Å². The lowest BCUT2D eigenvalue weighted by atomic mass is 10.1. The van der Waals surface area contributed by atoms with Crippen molar-refractivity contribution >= 4 is 17.5 Å². The molecule has 8 nitrogen and oxygen atoms in total. The number of hydrogen-bond donors (Lipinski definition) is 3. The van der Waals surface area contributed by atoms with Crippen molar-refractivity contribution in [1.29, 1.82) is 0 Å². The fourth-order valence-corrected chi connectivity index (χ4v) is 3.38. The number of carbonyl (C=O) groups excluding carboxylic acids is 2. The van der Waals surface area contributed by atoms with Crippen molar-refractivity contribution in [3.63, 3.8) is 0 Å². The van der Waals surface area contributed by atoms with Gasteiger partial charge in [0.25, 0.3) is 11.8 Å². The first-order chi connectivity index (χ1) is 15.0. The third-order valence-corrected chi connectivity index (χ3v) is 5.12. The van der Waals surface area contributed by atoms with Crippen LogP contribution in [0, 0.1) is 0 Å². The molecular formula is C23H30N3O5+. The quantitative estimate of drug-likeness (QED) is 0.558. The molecular weight excluding hydrogens is 398 g/mol. The number of quaternary nitrogens is 1. The highest BCUT2D eigenvalue weighted by atomic mass is 16.6. The van der Waals surface area contributed by atoms with Crippen LogP contribution in [0.3, 0.4) is 0 Å². The molecule has 0 bridgehead atoms. The molecule has 8 heteroatoms. The number of rotatable bonds is 9. The van der Waals surface area contributed by atoms with Crippen LogP contribution in [-0.2, 0) is 9.59 Å². The van der Waals surface area contributed by atoms with Gasteiger partial charge in [-0.05, 0) is 43.7 Å². The molecule has 3 rings (SSSR count). The fraction of sp³-hybridized carbons (Fsp3) is 0.391. The van der Waals surface area contributed by atoms with Gasteiger partial charge in [0.05, 0.1) is 19.7 Å². The number of methoxy groups -OCH3 is 1. The minimum Gasteiger partial charge on any atom is -0.497 e. The van der Waals surface area contributed by atoms with Gasteiger partial charge < -0.3 is 29.7 Å². The summed E-state index contributed by atoms with van der Waals surface area (Å²) in [6.45, 7) is 5.98. The molecule has 1 aliphatic heterocycles. The maximum absolute atomic E-state index is 12.6. The summed E-state index contributed by atoms with van der Waals surface area (Å²) in [4.78, 5) is 25.9. The van der Waals surface area contributed by atoms with Crippen molar-refractivity contribution in [3.05, 3.63) is 48.0 Å². The summed E-state index contributed by atoms with van der Waals surface area (Å²) in [6.07, 6.45) is 0. The second-order valence-corrected chi connectivity index (χ2v) is 7.43. The van der Waals surface area contributed by atoms with Crippen molar-refractivity contribution in [2.45, 2.75) is 19.9 Å². The Morgan fingerprint density at radius 3 is 2.55 bits per heavy atom. The molecule has 0 radical (unpaired) electrons. The molecule has 31 heavy (non-hydrogen) atoms. The van der Waals surface area contributed by atoms with Crippen LogP contribution in [0.1, 0.15) is 25.5 Å². The van der Waals surface area contributed by atoms with Crippen LogP contribution in [0.4, 0.5) is 5.69 Å². The summed E-state index contributed by atoms with van der Waals surface area (Å²) in [5.41, 5.74) is 1.60. The third kappa shape index (κ3) is 6.36. The predicted molar refractivity (Wildman–Crippen MR) is 117 cm³/mol. The zero-order chi connectivity index (χ0) is 22.2. The minimum absolute atomic E-state index is 0.117. The number of nitrogens with one attached hydrogen (secondary N) is 3. The smallest absolute Gasteiger partial charge is 0.279 e. The van der Waals surface area contributed by atoms with Crippen molar-refractivity contribution in [2.24, 2.45) is 0 Å². The molecule has 0 spiro atoms. The first kappa shape index (κ1) is 22.4. The van der Waals surface area contributed by atoms with Crippen molar-refractivity contribution < 1.29 is 28.7 Å². The van der Waals surface area contributed by atoms with Gasteiger partial charge in [-0.3, -0.25) is 9.59 Å². The molecule has 2 aromatic rings. The summed E-state index contributed by atoms with van der Waals surface area (Å²) in [5.74, 6) is 1.81. The lowest BCUT2D eigenvalue weighted by Gasteiger charge is -2.22. The molecule has 0 saturated carbocycles. The Morgan fingerprint density at radius 1 is 1.06 bits per heavy atom. The number of carbonyl (C=O) groups is 2. The Hall–Kier alpha value is -3.26.